The van der Waals surface area contributed by atoms with E-state index in [1.165, 1.54) is 22.3 Å². The lowest BCUT2D eigenvalue weighted by Gasteiger charge is -2.34. The van der Waals surface area contributed by atoms with Gasteiger partial charge in [-0.1, -0.05) is 43.2 Å². The third-order valence-electron chi connectivity index (χ3n) is 6.06. The van der Waals surface area contributed by atoms with Crippen molar-refractivity contribution in [3.05, 3.63) is 56.7 Å². The van der Waals surface area contributed by atoms with E-state index in [2.05, 4.69) is 23.7 Å². The average Bonchev–Trinajstić information content (AvgIpc) is 3.27. The largest absolute Gasteiger partial charge is 0.383 e. The lowest BCUT2D eigenvalue weighted by atomic mass is 10.1. The molecule has 0 saturated heterocycles. The van der Waals surface area contributed by atoms with Crippen molar-refractivity contribution in [2.45, 2.75) is 65.1 Å². The van der Waals surface area contributed by atoms with Crippen molar-refractivity contribution in [1.82, 2.24) is 14.5 Å². The Bertz CT molecular complexity index is 1010. The van der Waals surface area contributed by atoms with Crippen LogP contribution in [-0.2, 0) is 11.3 Å². The number of amides is 1. The van der Waals surface area contributed by atoms with Crippen molar-refractivity contribution in [2.75, 3.05) is 23.7 Å². The maximum atomic E-state index is 13.3. The first-order chi connectivity index (χ1) is 14.8. The zero-order valence-corrected chi connectivity index (χ0v) is 18.6. The lowest BCUT2D eigenvalue weighted by Crippen LogP contribution is -2.49. The molecule has 1 saturated carbocycles. The number of hydrogen-bond donors (Lipinski definition) is 2. The summed E-state index contributed by atoms with van der Waals surface area (Å²) in [4.78, 5) is 44.4. The van der Waals surface area contributed by atoms with Gasteiger partial charge in [0.1, 0.15) is 5.82 Å². The number of nitrogen functional groups attached to an aromatic ring is 1. The molecule has 0 bridgehead atoms. The van der Waals surface area contributed by atoms with Gasteiger partial charge in [0.05, 0.1) is 13.1 Å². The highest BCUT2D eigenvalue weighted by Gasteiger charge is 2.30. The summed E-state index contributed by atoms with van der Waals surface area (Å²) in [5.41, 5.74) is 5.98. The molecule has 0 radical (unpaired) electrons. The predicted molar refractivity (Wildman–Crippen MR) is 123 cm³/mol. The summed E-state index contributed by atoms with van der Waals surface area (Å²) >= 11 is 0. The molecular weight excluding hydrogens is 394 g/mol. The topological polar surface area (TPSA) is 104 Å². The molecule has 1 heterocycles. The first kappa shape index (κ1) is 22.8. The molecule has 1 aromatic heterocycles. The van der Waals surface area contributed by atoms with Gasteiger partial charge in [-0.3, -0.25) is 24.0 Å². The number of H-pyrrole nitrogens is 1. The third-order valence-corrected chi connectivity index (χ3v) is 6.06. The summed E-state index contributed by atoms with van der Waals surface area (Å²) in [6.07, 6.45) is 4.53. The Morgan fingerprint density at radius 3 is 2.42 bits per heavy atom. The van der Waals surface area contributed by atoms with Crippen LogP contribution >= 0.6 is 0 Å². The van der Waals surface area contributed by atoms with E-state index in [-0.39, 0.29) is 43.1 Å². The molecular formula is C23H33N5O3. The number of aromatic amines is 1. The van der Waals surface area contributed by atoms with Crippen LogP contribution in [0.25, 0.3) is 0 Å². The van der Waals surface area contributed by atoms with E-state index in [1.807, 2.05) is 30.3 Å². The Morgan fingerprint density at radius 2 is 1.84 bits per heavy atom. The standard InChI is InChI=1S/C23H33N5O3/c1-4-26(19(29)15-27(16(2)3)18-12-8-9-13-18)20-21(24)28(23(31)25-22(20)30)14-17-10-6-5-7-11-17/h5-7,10-11,16,18H,4,8-9,12-15,24H2,1-3H3,(H,25,30,31). The third kappa shape index (κ3) is 5.07. The highest BCUT2D eigenvalue weighted by atomic mass is 16.2. The summed E-state index contributed by atoms with van der Waals surface area (Å²) < 4.78 is 1.30. The Balaban J connectivity index is 1.93. The minimum atomic E-state index is -0.640. The number of aromatic nitrogens is 2. The molecule has 0 unspecified atom stereocenters. The van der Waals surface area contributed by atoms with Crippen molar-refractivity contribution in [1.29, 1.82) is 0 Å². The van der Waals surface area contributed by atoms with E-state index < -0.39 is 11.2 Å². The second-order valence-corrected chi connectivity index (χ2v) is 8.41. The minimum Gasteiger partial charge on any atom is -0.383 e. The van der Waals surface area contributed by atoms with Crippen LogP contribution in [0, 0.1) is 0 Å². The molecule has 31 heavy (non-hydrogen) atoms. The fraction of sp³-hybridized carbons (Fsp3) is 0.522. The highest BCUT2D eigenvalue weighted by Crippen LogP contribution is 2.26. The van der Waals surface area contributed by atoms with E-state index in [0.29, 0.717) is 6.04 Å². The fourth-order valence-electron chi connectivity index (χ4n) is 4.43. The van der Waals surface area contributed by atoms with Crippen molar-refractivity contribution < 1.29 is 4.79 Å². The zero-order chi connectivity index (χ0) is 22.5. The lowest BCUT2D eigenvalue weighted by molar-refractivity contribution is -0.120. The van der Waals surface area contributed by atoms with Crippen LogP contribution in [0.3, 0.4) is 0 Å². The number of carbonyl (C=O) groups is 1. The smallest absolute Gasteiger partial charge is 0.330 e. The van der Waals surface area contributed by atoms with Gasteiger partial charge in [0, 0.05) is 18.6 Å². The molecule has 0 spiro atoms. The number of nitrogens with two attached hydrogens (primary N) is 1. The number of likely N-dealkylation sites (N-methyl/N-ethyl adjacent to an activating group) is 1. The first-order valence-electron chi connectivity index (χ1n) is 11.1. The van der Waals surface area contributed by atoms with Gasteiger partial charge < -0.3 is 10.6 Å². The predicted octanol–water partition coefficient (Wildman–Crippen LogP) is 2.17. The normalized spacial score (nSPS) is 14.5. The molecule has 1 amide bonds. The Hall–Kier alpha value is -2.87. The molecule has 8 nitrogen and oxygen atoms in total. The first-order valence-corrected chi connectivity index (χ1v) is 11.1. The van der Waals surface area contributed by atoms with E-state index in [4.69, 9.17) is 5.73 Å². The minimum absolute atomic E-state index is 0.00441. The van der Waals surface area contributed by atoms with Gasteiger partial charge in [-0.05, 0) is 39.2 Å². The molecule has 1 aliphatic carbocycles. The van der Waals surface area contributed by atoms with Crippen molar-refractivity contribution in [3.63, 3.8) is 0 Å². The van der Waals surface area contributed by atoms with Crippen LogP contribution < -0.4 is 21.9 Å². The van der Waals surface area contributed by atoms with E-state index in [0.717, 1.165) is 18.4 Å². The molecule has 0 atom stereocenters. The van der Waals surface area contributed by atoms with Crippen LogP contribution in [0.5, 0.6) is 0 Å². The second-order valence-electron chi connectivity index (χ2n) is 8.41. The molecule has 3 rings (SSSR count). The Morgan fingerprint density at radius 1 is 1.19 bits per heavy atom. The van der Waals surface area contributed by atoms with Crippen molar-refractivity contribution in [3.8, 4) is 0 Å². The van der Waals surface area contributed by atoms with E-state index in [1.54, 1.807) is 6.92 Å². The number of benzene rings is 1. The van der Waals surface area contributed by atoms with Crippen molar-refractivity contribution >= 4 is 17.4 Å². The zero-order valence-electron chi connectivity index (χ0n) is 18.6. The van der Waals surface area contributed by atoms with Crippen LogP contribution in [0.1, 0.15) is 52.0 Å². The van der Waals surface area contributed by atoms with Gasteiger partial charge in [-0.2, -0.15) is 0 Å². The molecule has 0 aliphatic heterocycles. The quantitative estimate of drug-likeness (QED) is 0.672. The SMILES string of the molecule is CCN(C(=O)CN(C(C)C)C1CCCC1)c1c(N)n(Cc2ccccc2)c(=O)[nH]c1=O. The maximum Gasteiger partial charge on any atom is 0.330 e. The molecule has 1 aromatic carbocycles. The van der Waals surface area contributed by atoms with Gasteiger partial charge in [0.15, 0.2) is 5.69 Å². The average molecular weight is 428 g/mol. The Labute approximate surface area is 182 Å². The summed E-state index contributed by atoms with van der Waals surface area (Å²) in [7, 11) is 0. The molecule has 1 aliphatic rings. The monoisotopic (exact) mass is 427 g/mol. The van der Waals surface area contributed by atoms with Crippen LogP contribution in [0.2, 0.25) is 0 Å². The van der Waals surface area contributed by atoms with Crippen LogP contribution in [0.15, 0.2) is 39.9 Å². The van der Waals surface area contributed by atoms with Gasteiger partial charge in [-0.25, -0.2) is 4.79 Å². The second kappa shape index (κ2) is 9.96. The number of rotatable bonds is 8. The number of anilines is 2. The number of nitrogens with one attached hydrogen (secondary N) is 1. The van der Waals surface area contributed by atoms with Gasteiger partial charge in [0.25, 0.3) is 5.56 Å². The van der Waals surface area contributed by atoms with Crippen LogP contribution in [-0.4, -0.2) is 45.5 Å². The fourth-order valence-corrected chi connectivity index (χ4v) is 4.43. The van der Waals surface area contributed by atoms with Crippen LogP contribution in [0.4, 0.5) is 11.5 Å². The van der Waals surface area contributed by atoms with Gasteiger partial charge in [-0.15, -0.1) is 0 Å². The molecule has 2 aromatic rings. The Kier molecular flexibility index (Phi) is 7.33. The van der Waals surface area contributed by atoms with E-state index in [9.17, 15) is 14.4 Å². The van der Waals surface area contributed by atoms with Gasteiger partial charge in [0.2, 0.25) is 5.91 Å². The molecule has 1 fully saturated rings. The molecule has 168 valence electrons. The number of carbonyl (C=O) groups excluding carboxylic acids is 1. The maximum absolute atomic E-state index is 13.3. The highest BCUT2D eigenvalue weighted by molar-refractivity contribution is 5.96. The summed E-state index contributed by atoms with van der Waals surface area (Å²) in [5, 5.41) is 0. The molecule has 3 N–H and O–H groups in total. The van der Waals surface area contributed by atoms with E-state index >= 15 is 0 Å². The summed E-state index contributed by atoms with van der Waals surface area (Å²) in [6.45, 7) is 6.69. The number of nitrogens with zero attached hydrogens (tertiary/aromatic N) is 3. The van der Waals surface area contributed by atoms with Gasteiger partial charge >= 0.3 is 5.69 Å². The number of hydrogen-bond acceptors (Lipinski definition) is 5. The summed E-state index contributed by atoms with van der Waals surface area (Å²) in [5.74, 6) is -0.185. The molecule has 8 heteroatoms. The summed E-state index contributed by atoms with van der Waals surface area (Å²) in [6, 6.07) is 9.97. The van der Waals surface area contributed by atoms with Crippen molar-refractivity contribution in [2.24, 2.45) is 0 Å².